The van der Waals surface area contributed by atoms with Crippen molar-refractivity contribution in [3.05, 3.63) is 59.4 Å². The maximum absolute atomic E-state index is 13.4. The van der Waals surface area contributed by atoms with Gasteiger partial charge < -0.3 is 10.2 Å². The predicted molar refractivity (Wildman–Crippen MR) is 83.0 cm³/mol. The highest BCUT2D eigenvalue weighted by Crippen LogP contribution is 2.28. The molecule has 106 valence electrons. The van der Waals surface area contributed by atoms with Crippen molar-refractivity contribution in [1.82, 2.24) is 5.32 Å². The van der Waals surface area contributed by atoms with Gasteiger partial charge in [-0.3, -0.25) is 0 Å². The summed E-state index contributed by atoms with van der Waals surface area (Å²) >= 11 is 0. The smallest absolute Gasteiger partial charge is 0.123 e. The number of hydrogen-bond acceptors (Lipinski definition) is 2. The van der Waals surface area contributed by atoms with Gasteiger partial charge in [0.1, 0.15) is 5.82 Å². The second kappa shape index (κ2) is 6.53. The Kier molecular flexibility index (Phi) is 4.74. The van der Waals surface area contributed by atoms with Crippen LogP contribution in [0.3, 0.4) is 0 Å². The minimum absolute atomic E-state index is 0.200. The third kappa shape index (κ3) is 3.17. The van der Waals surface area contributed by atoms with Gasteiger partial charge in [-0.15, -0.1) is 0 Å². The van der Waals surface area contributed by atoms with Crippen molar-refractivity contribution in [2.24, 2.45) is 0 Å². The first-order valence-corrected chi connectivity index (χ1v) is 6.91. The van der Waals surface area contributed by atoms with Crippen LogP contribution < -0.4 is 10.2 Å². The van der Waals surface area contributed by atoms with E-state index in [0.717, 1.165) is 23.4 Å². The molecular weight excluding hydrogens is 251 g/mol. The van der Waals surface area contributed by atoms with Gasteiger partial charge in [0, 0.05) is 25.0 Å². The van der Waals surface area contributed by atoms with Gasteiger partial charge in [-0.25, -0.2) is 4.39 Å². The van der Waals surface area contributed by atoms with Crippen LogP contribution in [0.2, 0.25) is 0 Å². The van der Waals surface area contributed by atoms with E-state index in [4.69, 9.17) is 0 Å². The van der Waals surface area contributed by atoms with E-state index in [2.05, 4.69) is 41.4 Å². The maximum atomic E-state index is 13.4. The monoisotopic (exact) mass is 272 g/mol. The van der Waals surface area contributed by atoms with Gasteiger partial charge in [0.15, 0.2) is 0 Å². The maximum Gasteiger partial charge on any atom is 0.123 e. The summed E-state index contributed by atoms with van der Waals surface area (Å²) in [6, 6.07) is 13.4. The van der Waals surface area contributed by atoms with Crippen LogP contribution in [-0.4, -0.2) is 14.1 Å². The van der Waals surface area contributed by atoms with Gasteiger partial charge >= 0.3 is 0 Å². The minimum atomic E-state index is -0.200. The molecule has 0 heterocycles. The van der Waals surface area contributed by atoms with Gasteiger partial charge in [0.2, 0.25) is 0 Å². The molecule has 0 radical (unpaired) electrons. The molecule has 0 aromatic heterocycles. The van der Waals surface area contributed by atoms with Crippen LogP contribution in [0.4, 0.5) is 15.8 Å². The van der Waals surface area contributed by atoms with E-state index in [0.29, 0.717) is 6.54 Å². The molecule has 2 nitrogen and oxygen atoms in total. The molecule has 0 fully saturated rings. The summed E-state index contributed by atoms with van der Waals surface area (Å²) in [5.41, 5.74) is 4.39. The second-order valence-corrected chi connectivity index (χ2v) is 4.88. The third-order valence-corrected chi connectivity index (χ3v) is 3.50. The quantitative estimate of drug-likeness (QED) is 0.888. The predicted octanol–water partition coefficient (Wildman–Crippen LogP) is 3.88. The van der Waals surface area contributed by atoms with Gasteiger partial charge in [-0.05, 0) is 54.9 Å². The summed E-state index contributed by atoms with van der Waals surface area (Å²) in [5, 5.41) is 3.08. The molecule has 0 saturated heterocycles. The molecule has 2 aromatic rings. The van der Waals surface area contributed by atoms with Crippen LogP contribution in [0.5, 0.6) is 0 Å². The molecule has 3 heteroatoms. The Bertz CT molecular complexity index is 564. The zero-order chi connectivity index (χ0) is 14.5. The lowest BCUT2D eigenvalue weighted by Crippen LogP contribution is -2.15. The number of halogens is 1. The molecule has 0 amide bonds. The van der Waals surface area contributed by atoms with E-state index < -0.39 is 0 Å². The first kappa shape index (κ1) is 14.5. The highest BCUT2D eigenvalue weighted by molar-refractivity contribution is 5.66. The molecule has 0 saturated carbocycles. The van der Waals surface area contributed by atoms with E-state index in [1.165, 1.54) is 11.6 Å². The molecule has 0 spiro atoms. The van der Waals surface area contributed by atoms with Crippen LogP contribution in [-0.2, 0) is 13.0 Å². The van der Waals surface area contributed by atoms with Crippen molar-refractivity contribution in [3.63, 3.8) is 0 Å². The molecule has 2 aromatic carbocycles. The number of aryl methyl sites for hydroxylation is 1. The molecule has 0 unspecified atom stereocenters. The van der Waals surface area contributed by atoms with Crippen molar-refractivity contribution in [2.45, 2.75) is 19.9 Å². The molecule has 2 rings (SSSR count). The summed E-state index contributed by atoms with van der Waals surface area (Å²) < 4.78 is 13.4. The number of anilines is 2. The average Bonchev–Trinajstić information content (AvgIpc) is 2.47. The highest BCUT2D eigenvalue weighted by Gasteiger charge is 2.10. The molecular formula is C17H21FN2. The van der Waals surface area contributed by atoms with Gasteiger partial charge in [-0.2, -0.15) is 0 Å². The molecule has 20 heavy (non-hydrogen) atoms. The molecule has 0 bridgehead atoms. The van der Waals surface area contributed by atoms with E-state index in [-0.39, 0.29) is 5.82 Å². The fourth-order valence-electron chi connectivity index (χ4n) is 2.31. The Morgan fingerprint density at radius 3 is 2.40 bits per heavy atom. The Morgan fingerprint density at radius 2 is 1.80 bits per heavy atom. The van der Waals surface area contributed by atoms with Gasteiger partial charge in [0.05, 0.1) is 0 Å². The second-order valence-electron chi connectivity index (χ2n) is 4.88. The number of rotatable bonds is 5. The zero-order valence-electron chi connectivity index (χ0n) is 12.3. The van der Waals surface area contributed by atoms with Gasteiger partial charge in [-0.1, -0.05) is 19.1 Å². The number of benzene rings is 2. The lowest BCUT2D eigenvalue weighted by atomic mass is 10.1. The molecule has 1 N–H and O–H groups in total. The standard InChI is InChI=1S/C17H21FN2/c1-4-13-5-8-16(9-6-13)20(3)17-10-7-15(18)11-14(17)12-19-2/h5-11,19H,4,12H2,1-3H3. The molecule has 0 atom stereocenters. The highest BCUT2D eigenvalue weighted by atomic mass is 19.1. The normalized spacial score (nSPS) is 10.6. The number of hydrogen-bond donors (Lipinski definition) is 1. The Hall–Kier alpha value is -1.87. The Morgan fingerprint density at radius 1 is 1.10 bits per heavy atom. The van der Waals surface area contributed by atoms with Crippen LogP contribution in [0.1, 0.15) is 18.1 Å². The number of nitrogens with one attached hydrogen (secondary N) is 1. The third-order valence-electron chi connectivity index (χ3n) is 3.50. The lowest BCUT2D eigenvalue weighted by molar-refractivity contribution is 0.624. The summed E-state index contributed by atoms with van der Waals surface area (Å²) in [7, 11) is 3.87. The van der Waals surface area contributed by atoms with Crippen LogP contribution in [0.25, 0.3) is 0 Å². The van der Waals surface area contributed by atoms with Crippen LogP contribution in [0.15, 0.2) is 42.5 Å². The Labute approximate surface area is 120 Å². The summed E-state index contributed by atoms with van der Waals surface area (Å²) in [6.45, 7) is 2.79. The fraction of sp³-hybridized carbons (Fsp3) is 0.294. The molecule has 0 aliphatic heterocycles. The average molecular weight is 272 g/mol. The summed E-state index contributed by atoms with van der Waals surface area (Å²) in [5.74, 6) is -0.200. The van der Waals surface area contributed by atoms with E-state index >= 15 is 0 Å². The molecule has 0 aliphatic carbocycles. The lowest BCUT2D eigenvalue weighted by Gasteiger charge is -2.23. The Balaban J connectivity index is 2.33. The van der Waals surface area contributed by atoms with Crippen LogP contribution in [0, 0.1) is 5.82 Å². The SMILES string of the molecule is CCc1ccc(N(C)c2ccc(F)cc2CNC)cc1. The van der Waals surface area contributed by atoms with Crippen molar-refractivity contribution < 1.29 is 4.39 Å². The zero-order valence-corrected chi connectivity index (χ0v) is 12.3. The molecule has 0 aliphatic rings. The van der Waals surface area contributed by atoms with E-state index in [1.807, 2.05) is 20.2 Å². The van der Waals surface area contributed by atoms with Crippen molar-refractivity contribution in [3.8, 4) is 0 Å². The van der Waals surface area contributed by atoms with Crippen molar-refractivity contribution in [2.75, 3.05) is 19.0 Å². The van der Waals surface area contributed by atoms with E-state index in [1.54, 1.807) is 6.07 Å². The first-order chi connectivity index (χ1) is 9.65. The minimum Gasteiger partial charge on any atom is -0.344 e. The van der Waals surface area contributed by atoms with Crippen LogP contribution >= 0.6 is 0 Å². The van der Waals surface area contributed by atoms with Crippen molar-refractivity contribution >= 4 is 11.4 Å². The summed E-state index contributed by atoms with van der Waals surface area (Å²) in [4.78, 5) is 2.09. The van der Waals surface area contributed by atoms with Gasteiger partial charge in [0.25, 0.3) is 0 Å². The van der Waals surface area contributed by atoms with Crippen molar-refractivity contribution in [1.29, 1.82) is 0 Å². The topological polar surface area (TPSA) is 15.3 Å². The fourth-order valence-corrected chi connectivity index (χ4v) is 2.31. The number of nitrogens with zero attached hydrogens (tertiary/aromatic N) is 1. The first-order valence-electron chi connectivity index (χ1n) is 6.91. The van der Waals surface area contributed by atoms with E-state index in [9.17, 15) is 4.39 Å². The largest absolute Gasteiger partial charge is 0.344 e. The summed E-state index contributed by atoms with van der Waals surface area (Å²) in [6.07, 6.45) is 1.03.